The van der Waals surface area contributed by atoms with Gasteiger partial charge in [0.2, 0.25) is 5.91 Å². The van der Waals surface area contributed by atoms with Crippen LogP contribution in [0, 0.1) is 0 Å². The van der Waals surface area contributed by atoms with Crippen LogP contribution in [0.15, 0.2) is 134 Å². The largest absolute Gasteiger partial charge is 0.361 e. The van der Waals surface area contributed by atoms with Crippen molar-refractivity contribution < 1.29 is 4.79 Å². The lowest BCUT2D eigenvalue weighted by atomic mass is 9.76. The lowest BCUT2D eigenvalue weighted by Gasteiger charge is -2.37. The summed E-state index contributed by atoms with van der Waals surface area (Å²) in [6.45, 7) is 2.45. The summed E-state index contributed by atoms with van der Waals surface area (Å²) in [5.41, 5.74) is 6.07. The molecule has 0 fully saturated rings. The minimum atomic E-state index is -0.629. The number of aromatic amines is 1. The Morgan fingerprint density at radius 2 is 1.39 bits per heavy atom. The number of imidazole rings is 1. The number of H-pyrrole nitrogens is 1. The Morgan fingerprint density at radius 1 is 0.829 bits per heavy atom. The van der Waals surface area contributed by atoms with E-state index in [0.717, 1.165) is 34.3 Å². The third-order valence-corrected chi connectivity index (χ3v) is 7.99. The van der Waals surface area contributed by atoms with Gasteiger partial charge in [-0.3, -0.25) is 4.79 Å². The van der Waals surface area contributed by atoms with Gasteiger partial charge < -0.3 is 14.9 Å². The molecule has 2 N–H and O–H groups in total. The van der Waals surface area contributed by atoms with Crippen molar-refractivity contribution in [2.24, 2.45) is 0 Å². The number of amides is 1. The van der Waals surface area contributed by atoms with Gasteiger partial charge in [-0.2, -0.15) is 0 Å². The van der Waals surface area contributed by atoms with Gasteiger partial charge in [0.05, 0.1) is 12.0 Å². The summed E-state index contributed by atoms with van der Waals surface area (Å²) in [5.74, 6) is 0.0500. The van der Waals surface area contributed by atoms with Crippen LogP contribution in [-0.2, 0) is 10.3 Å². The highest BCUT2D eigenvalue weighted by atomic mass is 16.1. The van der Waals surface area contributed by atoms with Crippen LogP contribution in [0.3, 0.4) is 0 Å². The molecule has 0 aliphatic rings. The number of aromatic nitrogens is 3. The second-order valence-corrected chi connectivity index (χ2v) is 10.3. The maximum Gasteiger partial charge on any atom is 0.219 e. The lowest BCUT2D eigenvalue weighted by Crippen LogP contribution is -2.37. The molecule has 0 radical (unpaired) electrons. The zero-order chi connectivity index (χ0) is 28.1. The van der Waals surface area contributed by atoms with E-state index in [-0.39, 0.29) is 11.8 Å². The molecule has 2 aromatic heterocycles. The molecule has 4 aromatic carbocycles. The van der Waals surface area contributed by atoms with Crippen molar-refractivity contribution in [2.45, 2.75) is 31.2 Å². The molecule has 6 aromatic rings. The first-order valence-electron chi connectivity index (χ1n) is 14.3. The molecule has 1 atom stereocenters. The van der Waals surface area contributed by atoms with E-state index < -0.39 is 5.54 Å². The van der Waals surface area contributed by atoms with E-state index in [1.54, 1.807) is 0 Å². The maximum absolute atomic E-state index is 12.1. The van der Waals surface area contributed by atoms with Crippen LogP contribution in [-0.4, -0.2) is 27.0 Å². The fourth-order valence-corrected chi connectivity index (χ4v) is 6.01. The van der Waals surface area contributed by atoms with Gasteiger partial charge in [-0.15, -0.1) is 0 Å². The van der Waals surface area contributed by atoms with Gasteiger partial charge >= 0.3 is 0 Å². The van der Waals surface area contributed by atoms with Crippen molar-refractivity contribution in [1.82, 2.24) is 19.9 Å². The summed E-state index contributed by atoms with van der Waals surface area (Å²) in [7, 11) is 0. The average Bonchev–Trinajstić information content (AvgIpc) is 3.70. The van der Waals surface area contributed by atoms with Crippen LogP contribution in [0.2, 0.25) is 0 Å². The SMILES string of the molecule is CCC(=O)NCCC(c1cn(C(c2ccccc2)(c2ccccc2)c2ccccc2)cn1)c1c[nH]c2ccccc12. The zero-order valence-corrected chi connectivity index (χ0v) is 23.2. The highest BCUT2D eigenvalue weighted by Crippen LogP contribution is 2.42. The molecule has 204 valence electrons. The van der Waals surface area contributed by atoms with Crippen molar-refractivity contribution in [3.8, 4) is 0 Å². The summed E-state index contributed by atoms with van der Waals surface area (Å²) < 4.78 is 2.26. The van der Waals surface area contributed by atoms with Crippen LogP contribution < -0.4 is 5.32 Å². The third-order valence-electron chi connectivity index (χ3n) is 7.99. The maximum atomic E-state index is 12.1. The highest BCUT2D eigenvalue weighted by molar-refractivity contribution is 5.84. The van der Waals surface area contributed by atoms with E-state index >= 15 is 0 Å². The van der Waals surface area contributed by atoms with Gasteiger partial charge in [0, 0.05) is 42.2 Å². The molecule has 0 bridgehead atoms. The Bertz CT molecular complexity index is 1620. The van der Waals surface area contributed by atoms with Crippen LogP contribution >= 0.6 is 0 Å². The van der Waals surface area contributed by atoms with Crippen molar-refractivity contribution in [3.05, 3.63) is 162 Å². The molecule has 5 heteroatoms. The van der Waals surface area contributed by atoms with Crippen molar-refractivity contribution in [3.63, 3.8) is 0 Å². The number of hydrogen-bond acceptors (Lipinski definition) is 2. The number of hydrogen-bond donors (Lipinski definition) is 2. The molecule has 5 nitrogen and oxygen atoms in total. The predicted octanol–water partition coefficient (Wildman–Crippen LogP) is 7.25. The van der Waals surface area contributed by atoms with E-state index in [4.69, 9.17) is 4.98 Å². The number of nitrogens with one attached hydrogen (secondary N) is 2. The van der Waals surface area contributed by atoms with Crippen molar-refractivity contribution >= 4 is 16.8 Å². The number of benzene rings is 4. The van der Waals surface area contributed by atoms with Crippen LogP contribution in [0.25, 0.3) is 10.9 Å². The smallest absolute Gasteiger partial charge is 0.219 e. The minimum Gasteiger partial charge on any atom is -0.361 e. The van der Waals surface area contributed by atoms with E-state index in [1.165, 1.54) is 10.9 Å². The number of rotatable bonds is 10. The fourth-order valence-electron chi connectivity index (χ4n) is 6.01. The summed E-state index contributed by atoms with van der Waals surface area (Å²) in [6, 6.07) is 40.3. The predicted molar refractivity (Wildman–Crippen MR) is 165 cm³/mol. The Hall–Kier alpha value is -4.90. The van der Waals surface area contributed by atoms with Crippen LogP contribution in [0.4, 0.5) is 0 Å². The van der Waals surface area contributed by atoms with Crippen LogP contribution in [0.1, 0.15) is 53.6 Å². The molecule has 1 unspecified atom stereocenters. The first-order chi connectivity index (χ1) is 20.2. The molecule has 0 aliphatic heterocycles. The van der Waals surface area contributed by atoms with Gasteiger partial charge in [-0.1, -0.05) is 116 Å². The standard InChI is InChI=1S/C36H34N4O/c1-2-35(41)37-23-22-31(32-24-38-33-21-13-12-20-30(32)33)34-25-40(26-39-34)36(27-14-6-3-7-15-27,28-16-8-4-9-17-28)29-18-10-5-11-19-29/h3-21,24-26,31,38H,2,22-23H2,1H3,(H,37,41). The topological polar surface area (TPSA) is 62.7 Å². The molecule has 1 amide bonds. The number of fused-ring (bicyclic) bond motifs is 1. The van der Waals surface area contributed by atoms with Gasteiger partial charge in [0.25, 0.3) is 0 Å². The second kappa shape index (κ2) is 11.7. The second-order valence-electron chi connectivity index (χ2n) is 10.3. The average molecular weight is 539 g/mol. The Morgan fingerprint density at radius 3 is 1.98 bits per heavy atom. The number of carbonyl (C=O) groups is 1. The molecule has 0 saturated carbocycles. The Kier molecular flexibility index (Phi) is 7.50. The summed E-state index contributed by atoms with van der Waals surface area (Å²) >= 11 is 0. The van der Waals surface area contributed by atoms with E-state index in [0.29, 0.717) is 13.0 Å². The normalized spacial score (nSPS) is 12.3. The number of carbonyl (C=O) groups excluding carboxylic acids is 1. The number of para-hydroxylation sites is 1. The zero-order valence-electron chi connectivity index (χ0n) is 23.2. The molecule has 41 heavy (non-hydrogen) atoms. The fraction of sp³-hybridized carbons (Fsp3) is 0.167. The highest BCUT2D eigenvalue weighted by Gasteiger charge is 2.38. The number of nitrogens with zero attached hydrogens (tertiary/aromatic N) is 2. The molecular weight excluding hydrogens is 504 g/mol. The summed E-state index contributed by atoms with van der Waals surface area (Å²) in [6.07, 6.45) is 7.46. The molecular formula is C36H34N4O. The van der Waals surface area contributed by atoms with Gasteiger partial charge in [0.1, 0.15) is 5.54 Å². The van der Waals surface area contributed by atoms with Crippen LogP contribution in [0.5, 0.6) is 0 Å². The summed E-state index contributed by atoms with van der Waals surface area (Å²) in [5, 5.41) is 4.25. The minimum absolute atomic E-state index is 0.00965. The lowest BCUT2D eigenvalue weighted by molar-refractivity contribution is -0.120. The monoisotopic (exact) mass is 538 g/mol. The van der Waals surface area contributed by atoms with E-state index in [1.807, 2.05) is 19.3 Å². The Balaban J connectivity index is 1.53. The molecule has 6 rings (SSSR count). The third kappa shape index (κ3) is 4.95. The first-order valence-corrected chi connectivity index (χ1v) is 14.3. The first kappa shape index (κ1) is 26.3. The van der Waals surface area contributed by atoms with Crippen molar-refractivity contribution in [1.29, 1.82) is 0 Å². The van der Waals surface area contributed by atoms with Gasteiger partial charge in [-0.05, 0) is 34.7 Å². The van der Waals surface area contributed by atoms with Crippen molar-refractivity contribution in [2.75, 3.05) is 6.54 Å². The molecule has 0 aliphatic carbocycles. The Labute approximate surface area is 240 Å². The van der Waals surface area contributed by atoms with Gasteiger partial charge in [0.15, 0.2) is 0 Å². The van der Waals surface area contributed by atoms with Gasteiger partial charge in [-0.25, -0.2) is 4.98 Å². The molecule has 0 saturated heterocycles. The van der Waals surface area contributed by atoms with E-state index in [2.05, 4.69) is 136 Å². The molecule has 2 heterocycles. The molecule has 0 spiro atoms. The quantitative estimate of drug-likeness (QED) is 0.180. The van der Waals surface area contributed by atoms with E-state index in [9.17, 15) is 4.79 Å². The summed E-state index contributed by atoms with van der Waals surface area (Å²) in [4.78, 5) is 20.6.